The van der Waals surface area contributed by atoms with E-state index in [1.165, 1.54) is 11.3 Å². The summed E-state index contributed by atoms with van der Waals surface area (Å²) in [5, 5.41) is 3.31. The van der Waals surface area contributed by atoms with Crippen molar-refractivity contribution >= 4 is 39.6 Å². The van der Waals surface area contributed by atoms with Gasteiger partial charge in [-0.2, -0.15) is 0 Å². The lowest BCUT2D eigenvalue weighted by atomic mass is 10.0. The molecule has 2 aromatic heterocycles. The molecule has 3 rings (SSSR count). The highest BCUT2D eigenvalue weighted by Crippen LogP contribution is 2.30. The van der Waals surface area contributed by atoms with E-state index >= 15 is 0 Å². The van der Waals surface area contributed by atoms with Gasteiger partial charge in [-0.05, 0) is 30.0 Å². The van der Waals surface area contributed by atoms with E-state index in [2.05, 4.69) is 4.98 Å². The fraction of sp³-hybridized carbons (Fsp3) is 0.0667. The van der Waals surface area contributed by atoms with Gasteiger partial charge >= 0.3 is 0 Å². The van der Waals surface area contributed by atoms with Crippen LogP contribution in [0.15, 0.2) is 41.9 Å². The highest BCUT2D eigenvalue weighted by atomic mass is 35.5. The topological polar surface area (TPSA) is 30.0 Å². The van der Waals surface area contributed by atoms with Gasteiger partial charge in [-0.3, -0.25) is 9.78 Å². The van der Waals surface area contributed by atoms with Gasteiger partial charge in [0.15, 0.2) is 0 Å². The van der Waals surface area contributed by atoms with Crippen LogP contribution in [-0.4, -0.2) is 10.8 Å². The number of benzene rings is 1. The Morgan fingerprint density at radius 2 is 2.11 bits per heavy atom. The lowest BCUT2D eigenvalue weighted by Crippen LogP contribution is -2.00. The number of thiophene rings is 1. The molecular formula is C15H10ClNOS. The summed E-state index contributed by atoms with van der Waals surface area (Å²) in [4.78, 5) is 17.4. The minimum Gasteiger partial charge on any atom is -0.288 e. The number of hydrogen-bond acceptors (Lipinski definition) is 3. The van der Waals surface area contributed by atoms with Crippen LogP contribution in [0, 0.1) is 6.92 Å². The van der Waals surface area contributed by atoms with Gasteiger partial charge in [-0.25, -0.2) is 0 Å². The maximum Gasteiger partial charge on any atom is 0.205 e. The van der Waals surface area contributed by atoms with Crippen molar-refractivity contribution in [3.05, 3.63) is 62.9 Å². The van der Waals surface area contributed by atoms with Crippen LogP contribution >= 0.6 is 22.9 Å². The molecule has 0 saturated heterocycles. The summed E-state index contributed by atoms with van der Waals surface area (Å²) in [6.07, 6.45) is 1.72. The summed E-state index contributed by atoms with van der Waals surface area (Å²) in [6, 6.07) is 9.30. The van der Waals surface area contributed by atoms with E-state index in [0.29, 0.717) is 15.5 Å². The lowest BCUT2D eigenvalue weighted by Gasteiger charge is -2.04. The number of carbonyl (C=O) groups excluding carboxylic acids is 1. The Labute approximate surface area is 119 Å². The van der Waals surface area contributed by atoms with Gasteiger partial charge in [0.25, 0.3) is 0 Å². The predicted molar refractivity (Wildman–Crippen MR) is 79.2 cm³/mol. The Hall–Kier alpha value is -1.71. The van der Waals surface area contributed by atoms with Crippen LogP contribution in [0.3, 0.4) is 0 Å². The van der Waals surface area contributed by atoms with Crippen molar-refractivity contribution in [2.75, 3.05) is 0 Å². The van der Waals surface area contributed by atoms with Gasteiger partial charge in [0.1, 0.15) is 0 Å². The van der Waals surface area contributed by atoms with Crippen molar-refractivity contribution in [2.45, 2.75) is 6.92 Å². The quantitative estimate of drug-likeness (QED) is 0.650. The van der Waals surface area contributed by atoms with E-state index in [0.717, 1.165) is 16.5 Å². The monoisotopic (exact) mass is 287 g/mol. The fourth-order valence-electron chi connectivity index (χ4n) is 2.01. The first-order chi connectivity index (χ1) is 9.18. The van der Waals surface area contributed by atoms with Gasteiger partial charge in [-0.1, -0.05) is 29.8 Å². The summed E-state index contributed by atoms with van der Waals surface area (Å²) in [6.45, 7) is 1.90. The Balaban J connectivity index is 2.20. The Bertz CT molecular complexity index is 773. The molecule has 2 nitrogen and oxygen atoms in total. The Kier molecular flexibility index (Phi) is 3.09. The van der Waals surface area contributed by atoms with E-state index < -0.39 is 0 Å². The van der Waals surface area contributed by atoms with Crippen molar-refractivity contribution in [2.24, 2.45) is 0 Å². The van der Waals surface area contributed by atoms with E-state index in [-0.39, 0.29) is 5.78 Å². The third-order valence-corrected chi connectivity index (χ3v) is 4.69. The molecule has 0 aliphatic carbocycles. The van der Waals surface area contributed by atoms with Crippen LogP contribution in [0.5, 0.6) is 0 Å². The van der Waals surface area contributed by atoms with Crippen LogP contribution < -0.4 is 0 Å². The summed E-state index contributed by atoms with van der Waals surface area (Å²) in [5.41, 5.74) is 2.40. The number of halogens is 1. The van der Waals surface area contributed by atoms with Crippen LogP contribution in [0.1, 0.15) is 20.8 Å². The molecule has 0 saturated carbocycles. The van der Waals surface area contributed by atoms with Gasteiger partial charge in [0.05, 0.1) is 15.4 Å². The molecule has 0 N–H and O–H groups in total. The van der Waals surface area contributed by atoms with E-state index in [9.17, 15) is 4.79 Å². The average Bonchev–Trinajstić information content (AvgIpc) is 2.78. The molecule has 3 aromatic rings. The first-order valence-corrected chi connectivity index (χ1v) is 7.06. The molecule has 2 heterocycles. The smallest absolute Gasteiger partial charge is 0.205 e. The van der Waals surface area contributed by atoms with Crippen LogP contribution in [0.2, 0.25) is 5.02 Å². The van der Waals surface area contributed by atoms with Gasteiger partial charge < -0.3 is 0 Å². The second-order valence-electron chi connectivity index (χ2n) is 4.27. The van der Waals surface area contributed by atoms with E-state index in [1.807, 2.05) is 42.6 Å². The molecular weight excluding hydrogens is 278 g/mol. The molecule has 0 bridgehead atoms. The summed E-state index contributed by atoms with van der Waals surface area (Å²) < 4.78 is 0. The van der Waals surface area contributed by atoms with Crippen molar-refractivity contribution in [1.29, 1.82) is 0 Å². The number of rotatable bonds is 2. The molecule has 0 amide bonds. The second-order valence-corrected chi connectivity index (χ2v) is 5.52. The highest BCUT2D eigenvalue weighted by molar-refractivity contribution is 7.13. The summed E-state index contributed by atoms with van der Waals surface area (Å²) >= 11 is 7.56. The maximum atomic E-state index is 12.6. The molecule has 19 heavy (non-hydrogen) atoms. The Morgan fingerprint density at radius 1 is 1.26 bits per heavy atom. The van der Waals surface area contributed by atoms with Gasteiger partial charge in [0.2, 0.25) is 5.78 Å². The zero-order valence-corrected chi connectivity index (χ0v) is 11.8. The van der Waals surface area contributed by atoms with Gasteiger partial charge in [0, 0.05) is 17.1 Å². The van der Waals surface area contributed by atoms with Crippen molar-refractivity contribution in [1.82, 2.24) is 4.98 Å². The predicted octanol–water partition coefficient (Wildman–Crippen LogP) is 4.49. The minimum atomic E-state index is -0.0401. The number of hydrogen-bond donors (Lipinski definition) is 0. The van der Waals surface area contributed by atoms with E-state index in [4.69, 9.17) is 11.6 Å². The molecule has 0 aliphatic rings. The zero-order chi connectivity index (χ0) is 13.4. The fourth-order valence-corrected chi connectivity index (χ4v) is 3.24. The number of pyridine rings is 1. The normalized spacial score (nSPS) is 10.8. The van der Waals surface area contributed by atoms with E-state index in [1.54, 1.807) is 6.20 Å². The van der Waals surface area contributed by atoms with Crippen LogP contribution in [0.25, 0.3) is 10.9 Å². The molecule has 4 heteroatoms. The first-order valence-electron chi connectivity index (χ1n) is 5.80. The standard InChI is InChI=1S/C15H10ClNOS/c1-9-8-19-15(13(9)16)14(18)11-4-2-6-12-10(11)5-3-7-17-12/h2-8H,1H3. The number of aryl methyl sites for hydroxylation is 1. The SMILES string of the molecule is Cc1csc(C(=O)c2cccc3ncccc23)c1Cl. The van der Waals surface area contributed by atoms with Gasteiger partial charge in [-0.15, -0.1) is 11.3 Å². The van der Waals surface area contributed by atoms with Crippen LogP contribution in [-0.2, 0) is 0 Å². The first kappa shape index (κ1) is 12.3. The molecule has 0 fully saturated rings. The second kappa shape index (κ2) is 4.76. The van der Waals surface area contributed by atoms with Crippen LogP contribution in [0.4, 0.5) is 0 Å². The number of carbonyl (C=O) groups is 1. The Morgan fingerprint density at radius 3 is 2.84 bits per heavy atom. The molecule has 94 valence electrons. The molecule has 0 unspecified atom stereocenters. The molecule has 0 atom stereocenters. The van der Waals surface area contributed by atoms with Crippen molar-refractivity contribution in [3.8, 4) is 0 Å². The van der Waals surface area contributed by atoms with Crippen molar-refractivity contribution in [3.63, 3.8) is 0 Å². The zero-order valence-electron chi connectivity index (χ0n) is 10.2. The summed E-state index contributed by atoms with van der Waals surface area (Å²) in [5.74, 6) is -0.0401. The largest absolute Gasteiger partial charge is 0.288 e. The number of aromatic nitrogens is 1. The number of ketones is 1. The number of nitrogens with zero attached hydrogens (tertiary/aromatic N) is 1. The minimum absolute atomic E-state index is 0.0401. The number of fused-ring (bicyclic) bond motifs is 1. The third-order valence-electron chi connectivity index (χ3n) is 3.00. The lowest BCUT2D eigenvalue weighted by molar-refractivity contribution is 0.104. The maximum absolute atomic E-state index is 12.6. The molecule has 0 radical (unpaired) electrons. The summed E-state index contributed by atoms with van der Waals surface area (Å²) in [7, 11) is 0. The van der Waals surface area contributed by atoms with Crippen molar-refractivity contribution < 1.29 is 4.79 Å². The average molecular weight is 288 g/mol. The molecule has 1 aromatic carbocycles. The third kappa shape index (κ3) is 2.05. The molecule has 0 spiro atoms. The highest BCUT2D eigenvalue weighted by Gasteiger charge is 2.18. The molecule has 0 aliphatic heterocycles.